The summed E-state index contributed by atoms with van der Waals surface area (Å²) in [6.07, 6.45) is -0.260. The molecule has 0 aliphatic carbocycles. The summed E-state index contributed by atoms with van der Waals surface area (Å²) in [6.45, 7) is 4.71. The molecule has 2 aromatic rings. The number of rotatable bonds is 4. The van der Waals surface area contributed by atoms with Crippen molar-refractivity contribution in [2.75, 3.05) is 27.2 Å². The first-order valence-electron chi connectivity index (χ1n) is 8.26. The van der Waals surface area contributed by atoms with Crippen LogP contribution in [-0.2, 0) is 6.54 Å². The van der Waals surface area contributed by atoms with Gasteiger partial charge < -0.3 is 10.0 Å². The third kappa shape index (κ3) is 3.63. The molecule has 0 saturated carbocycles. The van der Waals surface area contributed by atoms with Crippen LogP contribution in [0.3, 0.4) is 0 Å². The molecule has 1 heterocycles. The average molecular weight is 310 g/mol. The second-order valence-electron chi connectivity index (χ2n) is 6.81. The van der Waals surface area contributed by atoms with E-state index in [0.29, 0.717) is 0 Å². The van der Waals surface area contributed by atoms with Gasteiger partial charge in [0, 0.05) is 25.7 Å². The molecule has 1 N–H and O–H groups in total. The van der Waals surface area contributed by atoms with Crippen LogP contribution in [0.4, 0.5) is 0 Å². The fourth-order valence-electron chi connectivity index (χ4n) is 3.48. The number of likely N-dealkylation sites (N-methyl/N-ethyl adjacent to an activating group) is 1. The van der Waals surface area contributed by atoms with Gasteiger partial charge >= 0.3 is 0 Å². The number of hydrogen-bond acceptors (Lipinski definition) is 3. The van der Waals surface area contributed by atoms with E-state index in [9.17, 15) is 5.11 Å². The van der Waals surface area contributed by atoms with Crippen molar-refractivity contribution in [3.8, 4) is 11.1 Å². The van der Waals surface area contributed by atoms with Crippen LogP contribution in [0, 0.1) is 6.92 Å². The highest BCUT2D eigenvalue weighted by molar-refractivity contribution is 5.67. The van der Waals surface area contributed by atoms with Crippen LogP contribution in [0.25, 0.3) is 11.1 Å². The Morgan fingerprint density at radius 3 is 2.57 bits per heavy atom. The summed E-state index contributed by atoms with van der Waals surface area (Å²) in [6, 6.07) is 17.5. The van der Waals surface area contributed by atoms with E-state index in [1.54, 1.807) is 0 Å². The zero-order valence-corrected chi connectivity index (χ0v) is 14.2. The molecule has 0 radical (unpaired) electrons. The van der Waals surface area contributed by atoms with Crippen molar-refractivity contribution in [3.05, 3.63) is 59.7 Å². The Balaban J connectivity index is 1.75. The summed E-state index contributed by atoms with van der Waals surface area (Å²) in [5.74, 6) is 0. The zero-order chi connectivity index (χ0) is 16.4. The lowest BCUT2D eigenvalue weighted by Crippen LogP contribution is -2.37. The third-order valence-corrected chi connectivity index (χ3v) is 4.79. The Morgan fingerprint density at radius 1 is 1.09 bits per heavy atom. The smallest absolute Gasteiger partial charge is 0.0834 e. The molecule has 23 heavy (non-hydrogen) atoms. The molecule has 3 rings (SSSR count). The Bertz CT molecular complexity index is 668. The summed E-state index contributed by atoms with van der Waals surface area (Å²) < 4.78 is 0. The maximum absolute atomic E-state index is 10.2. The SMILES string of the molecule is Cc1ccccc1-c1cccc(CN2C[C@H](O)[C@@H](N(C)C)C2)c1. The van der Waals surface area contributed by atoms with Gasteiger partial charge in [-0.3, -0.25) is 4.90 Å². The van der Waals surface area contributed by atoms with E-state index in [2.05, 4.69) is 65.3 Å². The lowest BCUT2D eigenvalue weighted by molar-refractivity contribution is 0.112. The van der Waals surface area contributed by atoms with E-state index >= 15 is 0 Å². The number of aliphatic hydroxyl groups is 1. The first-order chi connectivity index (χ1) is 11.0. The maximum atomic E-state index is 10.2. The van der Waals surface area contributed by atoms with Crippen molar-refractivity contribution < 1.29 is 5.11 Å². The van der Waals surface area contributed by atoms with Crippen LogP contribution in [0.5, 0.6) is 0 Å². The molecule has 3 heteroatoms. The minimum absolute atomic E-state index is 0.231. The molecule has 0 bridgehead atoms. The molecule has 2 aromatic carbocycles. The van der Waals surface area contributed by atoms with Crippen LogP contribution in [0.2, 0.25) is 0 Å². The quantitative estimate of drug-likeness (QED) is 0.941. The molecule has 3 nitrogen and oxygen atoms in total. The van der Waals surface area contributed by atoms with Crippen molar-refractivity contribution in [1.82, 2.24) is 9.80 Å². The van der Waals surface area contributed by atoms with Crippen LogP contribution >= 0.6 is 0 Å². The molecule has 0 spiro atoms. The molecule has 1 aliphatic heterocycles. The monoisotopic (exact) mass is 310 g/mol. The van der Waals surface area contributed by atoms with Gasteiger partial charge in [0.2, 0.25) is 0 Å². The summed E-state index contributed by atoms with van der Waals surface area (Å²) in [5, 5.41) is 10.2. The molecular formula is C20H26N2O. The van der Waals surface area contributed by atoms with Crippen LogP contribution < -0.4 is 0 Å². The molecule has 1 fully saturated rings. The van der Waals surface area contributed by atoms with E-state index in [1.807, 2.05) is 14.1 Å². The van der Waals surface area contributed by atoms with E-state index < -0.39 is 0 Å². The Kier molecular flexibility index (Phi) is 4.81. The van der Waals surface area contributed by atoms with Gasteiger partial charge in [0.15, 0.2) is 0 Å². The van der Waals surface area contributed by atoms with Gasteiger partial charge in [-0.1, -0.05) is 42.5 Å². The molecule has 2 atom stereocenters. The fraction of sp³-hybridized carbons (Fsp3) is 0.400. The van der Waals surface area contributed by atoms with E-state index in [0.717, 1.165) is 19.6 Å². The van der Waals surface area contributed by atoms with Crippen molar-refractivity contribution in [1.29, 1.82) is 0 Å². The summed E-state index contributed by atoms with van der Waals surface area (Å²) >= 11 is 0. The number of benzene rings is 2. The highest BCUT2D eigenvalue weighted by Gasteiger charge is 2.32. The number of nitrogens with zero attached hydrogens (tertiary/aromatic N) is 2. The number of aliphatic hydroxyl groups excluding tert-OH is 1. The number of β-amino-alcohol motifs (C(OH)–C–C–N with tert-alkyl or cyclic N) is 1. The average Bonchev–Trinajstić information content (AvgIpc) is 2.89. The second-order valence-corrected chi connectivity index (χ2v) is 6.81. The van der Waals surface area contributed by atoms with Crippen molar-refractivity contribution in [2.24, 2.45) is 0 Å². The molecule has 0 unspecified atom stereocenters. The van der Waals surface area contributed by atoms with Crippen LogP contribution in [0.1, 0.15) is 11.1 Å². The predicted octanol–water partition coefficient (Wildman–Crippen LogP) is 2.77. The van der Waals surface area contributed by atoms with Crippen molar-refractivity contribution >= 4 is 0 Å². The van der Waals surface area contributed by atoms with Gasteiger partial charge in [0.1, 0.15) is 0 Å². The minimum Gasteiger partial charge on any atom is -0.390 e. The standard InChI is InChI=1S/C20H26N2O/c1-15-7-4-5-10-18(15)17-9-6-8-16(11-17)12-22-13-19(21(2)3)20(23)14-22/h4-11,19-20,23H,12-14H2,1-3H3/t19-,20-/m0/s1. The van der Waals surface area contributed by atoms with Gasteiger partial charge in [0.25, 0.3) is 0 Å². The lowest BCUT2D eigenvalue weighted by Gasteiger charge is -2.21. The van der Waals surface area contributed by atoms with E-state index in [-0.39, 0.29) is 12.1 Å². The van der Waals surface area contributed by atoms with E-state index in [4.69, 9.17) is 0 Å². The van der Waals surface area contributed by atoms with Gasteiger partial charge in [0.05, 0.1) is 6.10 Å². The van der Waals surface area contributed by atoms with Gasteiger partial charge in [-0.05, 0) is 49.3 Å². The summed E-state index contributed by atoms with van der Waals surface area (Å²) in [5.41, 5.74) is 5.16. The van der Waals surface area contributed by atoms with Crippen molar-refractivity contribution in [3.63, 3.8) is 0 Å². The number of hydrogen-bond donors (Lipinski definition) is 1. The zero-order valence-electron chi connectivity index (χ0n) is 14.2. The summed E-state index contributed by atoms with van der Waals surface area (Å²) in [4.78, 5) is 4.46. The van der Waals surface area contributed by atoms with Gasteiger partial charge in [-0.15, -0.1) is 0 Å². The fourth-order valence-corrected chi connectivity index (χ4v) is 3.48. The molecule has 1 aliphatic rings. The van der Waals surface area contributed by atoms with Gasteiger partial charge in [-0.25, -0.2) is 0 Å². The maximum Gasteiger partial charge on any atom is 0.0834 e. The number of likely N-dealkylation sites (tertiary alicyclic amines) is 1. The highest BCUT2D eigenvalue weighted by atomic mass is 16.3. The first-order valence-corrected chi connectivity index (χ1v) is 8.26. The molecule has 0 aromatic heterocycles. The highest BCUT2D eigenvalue weighted by Crippen LogP contribution is 2.25. The first kappa shape index (κ1) is 16.2. The Labute approximate surface area is 139 Å². The third-order valence-electron chi connectivity index (χ3n) is 4.79. The molecular weight excluding hydrogens is 284 g/mol. The normalized spacial score (nSPS) is 22.0. The number of aryl methyl sites for hydroxylation is 1. The van der Waals surface area contributed by atoms with Gasteiger partial charge in [-0.2, -0.15) is 0 Å². The largest absolute Gasteiger partial charge is 0.390 e. The van der Waals surface area contributed by atoms with E-state index in [1.165, 1.54) is 22.3 Å². The molecule has 1 saturated heterocycles. The second kappa shape index (κ2) is 6.83. The minimum atomic E-state index is -0.260. The Morgan fingerprint density at radius 2 is 1.87 bits per heavy atom. The predicted molar refractivity (Wildman–Crippen MR) is 95.4 cm³/mol. The Hall–Kier alpha value is -1.68. The van der Waals surface area contributed by atoms with Crippen LogP contribution in [-0.4, -0.2) is 54.2 Å². The van der Waals surface area contributed by atoms with Crippen molar-refractivity contribution in [2.45, 2.75) is 25.6 Å². The summed E-state index contributed by atoms with van der Waals surface area (Å²) in [7, 11) is 4.08. The lowest BCUT2D eigenvalue weighted by atomic mass is 9.99. The van der Waals surface area contributed by atoms with Crippen LogP contribution in [0.15, 0.2) is 48.5 Å². The topological polar surface area (TPSA) is 26.7 Å². The molecule has 0 amide bonds. The molecule has 122 valence electrons.